The van der Waals surface area contributed by atoms with Crippen LogP contribution in [0.25, 0.3) is 0 Å². The Hall–Kier alpha value is -3.10. The maximum absolute atomic E-state index is 14.1. The predicted octanol–water partition coefficient (Wildman–Crippen LogP) is 4.28. The molecule has 2 aliphatic rings. The number of hydrogen-bond acceptors (Lipinski definition) is 4. The van der Waals surface area contributed by atoms with Crippen molar-refractivity contribution in [2.24, 2.45) is 0 Å². The lowest BCUT2D eigenvalue weighted by Crippen LogP contribution is -2.45. The molecule has 2 amide bonds. The Morgan fingerprint density at radius 1 is 0.861 bits per heavy atom. The van der Waals surface area contributed by atoms with Gasteiger partial charge in [-0.25, -0.2) is 8.78 Å². The molecule has 8 heteroatoms. The number of fused-ring (bicyclic) bond motifs is 1. The fourth-order valence-corrected chi connectivity index (χ4v) is 6.09. The monoisotopic (exact) mass is 509 g/mol. The van der Waals surface area contributed by atoms with Crippen LogP contribution in [0.3, 0.4) is 0 Å². The van der Waals surface area contributed by atoms with Crippen LogP contribution in [0, 0.1) is 11.6 Å². The second-order valence-electron chi connectivity index (χ2n) is 9.40. The highest BCUT2D eigenvalue weighted by molar-refractivity contribution is 7.10. The van der Waals surface area contributed by atoms with Gasteiger partial charge in [-0.1, -0.05) is 24.3 Å². The molecule has 2 aromatic carbocycles. The number of benzene rings is 2. The number of rotatable bonds is 5. The minimum Gasteiger partial charge on any atom is -0.341 e. The van der Waals surface area contributed by atoms with Gasteiger partial charge >= 0.3 is 0 Å². The summed E-state index contributed by atoms with van der Waals surface area (Å²) in [4.78, 5) is 33.3. The van der Waals surface area contributed by atoms with Gasteiger partial charge in [-0.2, -0.15) is 0 Å². The average molecular weight is 510 g/mol. The third-order valence-corrected chi connectivity index (χ3v) is 8.03. The predicted molar refractivity (Wildman–Crippen MR) is 136 cm³/mol. The fraction of sp³-hybridized carbons (Fsp3) is 0.357. The average Bonchev–Trinajstić information content (AvgIpc) is 3.20. The van der Waals surface area contributed by atoms with E-state index >= 15 is 0 Å². The topological polar surface area (TPSA) is 43.9 Å². The van der Waals surface area contributed by atoms with Crippen LogP contribution in [0.2, 0.25) is 0 Å². The highest BCUT2D eigenvalue weighted by Crippen LogP contribution is 2.37. The molecule has 2 aliphatic heterocycles. The molecule has 188 valence electrons. The standard InChI is InChI=1S/C28H29F2N3O2S/c29-22-7-5-20(6-8-22)17-26(34)31-11-2-12-32(15-14-31)27(35)19-33-13-9-25-24(10-16-36-25)28(33)21-3-1-4-23(30)18-21/h1,3-8,10,16,18,28H,2,9,11-15,17,19H2. The lowest BCUT2D eigenvalue weighted by molar-refractivity contribution is -0.134. The summed E-state index contributed by atoms with van der Waals surface area (Å²) in [6, 6.07) is 14.6. The fourth-order valence-electron chi connectivity index (χ4n) is 5.18. The van der Waals surface area contributed by atoms with Crippen molar-refractivity contribution in [3.63, 3.8) is 0 Å². The van der Waals surface area contributed by atoms with E-state index < -0.39 is 0 Å². The van der Waals surface area contributed by atoms with Crippen molar-refractivity contribution in [3.05, 3.63) is 93.2 Å². The van der Waals surface area contributed by atoms with Gasteiger partial charge in [0.2, 0.25) is 11.8 Å². The van der Waals surface area contributed by atoms with Crippen molar-refractivity contribution in [2.45, 2.75) is 25.3 Å². The lowest BCUT2D eigenvalue weighted by atomic mass is 9.93. The van der Waals surface area contributed by atoms with Crippen LogP contribution in [-0.4, -0.2) is 65.8 Å². The van der Waals surface area contributed by atoms with Gasteiger partial charge in [0.15, 0.2) is 0 Å². The first-order valence-corrected chi connectivity index (χ1v) is 13.2. The molecule has 1 unspecified atom stereocenters. The van der Waals surface area contributed by atoms with Crippen molar-refractivity contribution in [3.8, 4) is 0 Å². The number of thiophene rings is 1. The zero-order valence-electron chi connectivity index (χ0n) is 20.0. The van der Waals surface area contributed by atoms with Gasteiger partial charge in [-0.05, 0) is 65.2 Å². The van der Waals surface area contributed by atoms with Gasteiger partial charge in [0.1, 0.15) is 11.6 Å². The van der Waals surface area contributed by atoms with Crippen molar-refractivity contribution >= 4 is 23.2 Å². The van der Waals surface area contributed by atoms with E-state index in [2.05, 4.69) is 16.3 Å². The van der Waals surface area contributed by atoms with Crippen LogP contribution >= 0.6 is 11.3 Å². The quantitative estimate of drug-likeness (QED) is 0.516. The molecule has 1 atom stereocenters. The molecular weight excluding hydrogens is 480 g/mol. The summed E-state index contributed by atoms with van der Waals surface area (Å²) in [5.41, 5.74) is 2.79. The molecule has 36 heavy (non-hydrogen) atoms. The van der Waals surface area contributed by atoms with E-state index in [1.54, 1.807) is 40.5 Å². The molecule has 3 aromatic rings. The normalized spacial score (nSPS) is 18.6. The summed E-state index contributed by atoms with van der Waals surface area (Å²) in [7, 11) is 0. The van der Waals surface area contributed by atoms with Crippen LogP contribution in [0.4, 0.5) is 8.78 Å². The highest BCUT2D eigenvalue weighted by Gasteiger charge is 2.32. The third kappa shape index (κ3) is 5.50. The molecule has 0 radical (unpaired) electrons. The zero-order valence-corrected chi connectivity index (χ0v) is 20.9. The van der Waals surface area contributed by atoms with Crippen molar-refractivity contribution in [1.82, 2.24) is 14.7 Å². The minimum atomic E-state index is -0.321. The Labute approximate surface area is 213 Å². The molecular formula is C28H29F2N3O2S. The highest BCUT2D eigenvalue weighted by atomic mass is 32.1. The van der Waals surface area contributed by atoms with Gasteiger partial charge in [0.05, 0.1) is 19.0 Å². The second kappa shape index (κ2) is 10.9. The molecule has 0 spiro atoms. The van der Waals surface area contributed by atoms with Gasteiger partial charge in [0, 0.05) is 37.6 Å². The van der Waals surface area contributed by atoms with Crippen LogP contribution < -0.4 is 0 Å². The first kappa shape index (κ1) is 24.6. The van der Waals surface area contributed by atoms with Crippen molar-refractivity contribution in [2.75, 3.05) is 39.3 Å². The number of nitrogens with zero attached hydrogens (tertiary/aromatic N) is 3. The summed E-state index contributed by atoms with van der Waals surface area (Å²) < 4.78 is 27.2. The van der Waals surface area contributed by atoms with E-state index in [9.17, 15) is 18.4 Å². The van der Waals surface area contributed by atoms with Gasteiger partial charge in [0.25, 0.3) is 0 Å². The maximum Gasteiger partial charge on any atom is 0.236 e. The number of carbonyl (C=O) groups excluding carboxylic acids is 2. The second-order valence-corrected chi connectivity index (χ2v) is 10.4. The molecule has 5 rings (SSSR count). The Bertz CT molecular complexity index is 1230. The van der Waals surface area contributed by atoms with Gasteiger partial charge in [-0.3, -0.25) is 14.5 Å². The first-order chi connectivity index (χ1) is 17.5. The summed E-state index contributed by atoms with van der Waals surface area (Å²) in [6.45, 7) is 3.14. The molecule has 0 saturated carbocycles. The molecule has 1 aromatic heterocycles. The Morgan fingerprint density at radius 2 is 1.61 bits per heavy atom. The van der Waals surface area contributed by atoms with Crippen molar-refractivity contribution in [1.29, 1.82) is 0 Å². The molecule has 0 bridgehead atoms. The minimum absolute atomic E-state index is 0.0110. The number of amides is 2. The molecule has 0 N–H and O–H groups in total. The molecule has 0 aliphatic carbocycles. The maximum atomic E-state index is 14.1. The van der Waals surface area contributed by atoms with Crippen LogP contribution in [0.15, 0.2) is 60.0 Å². The Kier molecular flexibility index (Phi) is 7.43. The van der Waals surface area contributed by atoms with E-state index in [4.69, 9.17) is 0 Å². The molecule has 5 nitrogen and oxygen atoms in total. The number of hydrogen-bond donors (Lipinski definition) is 0. The zero-order chi connectivity index (χ0) is 25.1. The third-order valence-electron chi connectivity index (χ3n) is 7.04. The molecule has 3 heterocycles. The Morgan fingerprint density at radius 3 is 2.36 bits per heavy atom. The number of carbonyl (C=O) groups is 2. The largest absolute Gasteiger partial charge is 0.341 e. The summed E-state index contributed by atoms with van der Waals surface area (Å²) in [5.74, 6) is -0.580. The Balaban J connectivity index is 1.23. The van der Waals surface area contributed by atoms with Crippen molar-refractivity contribution < 1.29 is 18.4 Å². The van der Waals surface area contributed by atoms with E-state index in [1.807, 2.05) is 11.0 Å². The van der Waals surface area contributed by atoms with Gasteiger partial charge < -0.3 is 9.80 Å². The summed E-state index contributed by atoms with van der Waals surface area (Å²) in [6.07, 6.45) is 1.81. The van der Waals surface area contributed by atoms with Gasteiger partial charge in [-0.15, -0.1) is 11.3 Å². The number of halogens is 2. The molecule has 1 saturated heterocycles. The van der Waals surface area contributed by atoms with E-state index in [0.717, 1.165) is 29.7 Å². The summed E-state index contributed by atoms with van der Waals surface area (Å²) in [5, 5.41) is 2.06. The lowest BCUT2D eigenvalue weighted by Gasteiger charge is -2.37. The first-order valence-electron chi connectivity index (χ1n) is 12.3. The van der Waals surface area contributed by atoms with Crippen LogP contribution in [0.1, 0.15) is 34.0 Å². The van der Waals surface area contributed by atoms with E-state index in [0.29, 0.717) is 32.6 Å². The summed E-state index contributed by atoms with van der Waals surface area (Å²) >= 11 is 1.71. The van der Waals surface area contributed by atoms with Crippen LogP contribution in [-0.2, 0) is 22.4 Å². The van der Waals surface area contributed by atoms with E-state index in [-0.39, 0.29) is 42.5 Å². The SMILES string of the molecule is O=C(Cc1ccc(F)cc1)N1CCCN(C(=O)CN2CCc3sccc3C2c2cccc(F)c2)CC1. The molecule has 1 fully saturated rings. The van der Waals surface area contributed by atoms with E-state index in [1.165, 1.54) is 23.1 Å². The smallest absolute Gasteiger partial charge is 0.236 e. The van der Waals surface area contributed by atoms with Crippen LogP contribution in [0.5, 0.6) is 0 Å².